The van der Waals surface area contributed by atoms with Crippen LogP contribution in [0.4, 0.5) is 0 Å². The van der Waals surface area contributed by atoms with Gasteiger partial charge in [0, 0.05) is 25.2 Å². The molecule has 0 aromatic carbocycles. The number of nitrogens with one attached hydrogen (secondary N) is 1. The zero-order valence-electron chi connectivity index (χ0n) is 10.7. The molecule has 0 aromatic rings. The molecule has 3 heteroatoms. The van der Waals surface area contributed by atoms with Crippen LogP contribution < -0.4 is 5.32 Å². The SMILES string of the molecule is CCC1(CN(C)C(C)COC)CCCN1. The van der Waals surface area contributed by atoms with Gasteiger partial charge in [0.1, 0.15) is 0 Å². The van der Waals surface area contributed by atoms with Gasteiger partial charge in [0.2, 0.25) is 0 Å². The van der Waals surface area contributed by atoms with Crippen molar-refractivity contribution < 1.29 is 4.74 Å². The van der Waals surface area contributed by atoms with Crippen LogP contribution in [-0.2, 0) is 4.74 Å². The van der Waals surface area contributed by atoms with E-state index in [1.54, 1.807) is 7.11 Å². The molecule has 1 aliphatic rings. The van der Waals surface area contributed by atoms with Gasteiger partial charge in [-0.15, -0.1) is 0 Å². The first-order chi connectivity index (χ1) is 7.13. The first-order valence-electron chi connectivity index (χ1n) is 6.08. The number of hydrogen-bond acceptors (Lipinski definition) is 3. The van der Waals surface area contributed by atoms with Gasteiger partial charge >= 0.3 is 0 Å². The monoisotopic (exact) mass is 214 g/mol. The Morgan fingerprint density at radius 1 is 1.53 bits per heavy atom. The van der Waals surface area contributed by atoms with Gasteiger partial charge in [-0.1, -0.05) is 6.92 Å². The van der Waals surface area contributed by atoms with Crippen molar-refractivity contribution in [3.63, 3.8) is 0 Å². The predicted octanol–water partition coefficient (Wildman–Crippen LogP) is 1.49. The summed E-state index contributed by atoms with van der Waals surface area (Å²) in [4.78, 5) is 2.41. The third-order valence-corrected chi connectivity index (χ3v) is 3.72. The van der Waals surface area contributed by atoms with Crippen LogP contribution in [0.2, 0.25) is 0 Å². The van der Waals surface area contributed by atoms with Gasteiger partial charge in [-0.3, -0.25) is 4.90 Å². The van der Waals surface area contributed by atoms with E-state index in [0.717, 1.165) is 13.2 Å². The minimum absolute atomic E-state index is 0.358. The normalized spacial score (nSPS) is 28.6. The Labute approximate surface area is 94.2 Å². The number of hydrogen-bond donors (Lipinski definition) is 1. The lowest BCUT2D eigenvalue weighted by molar-refractivity contribution is 0.0954. The molecule has 0 saturated carbocycles. The minimum Gasteiger partial charge on any atom is -0.383 e. The molecule has 15 heavy (non-hydrogen) atoms. The number of methoxy groups -OCH3 is 1. The summed E-state index contributed by atoms with van der Waals surface area (Å²) in [5.41, 5.74) is 0.358. The van der Waals surface area contributed by atoms with Crippen LogP contribution in [0.5, 0.6) is 0 Å². The fourth-order valence-corrected chi connectivity index (χ4v) is 2.42. The van der Waals surface area contributed by atoms with Crippen molar-refractivity contribution in [2.24, 2.45) is 0 Å². The predicted molar refractivity (Wildman–Crippen MR) is 64.2 cm³/mol. The highest BCUT2D eigenvalue weighted by molar-refractivity contribution is 4.94. The van der Waals surface area contributed by atoms with E-state index < -0.39 is 0 Å². The van der Waals surface area contributed by atoms with E-state index in [4.69, 9.17) is 4.74 Å². The van der Waals surface area contributed by atoms with E-state index in [2.05, 4.69) is 31.1 Å². The molecular weight excluding hydrogens is 188 g/mol. The Balaban J connectivity index is 2.43. The molecule has 1 saturated heterocycles. The molecule has 1 N–H and O–H groups in total. The Morgan fingerprint density at radius 2 is 2.27 bits per heavy atom. The maximum Gasteiger partial charge on any atom is 0.0615 e. The molecular formula is C12H26N2O. The van der Waals surface area contributed by atoms with Gasteiger partial charge in [0.25, 0.3) is 0 Å². The molecule has 1 aliphatic heterocycles. The Bertz CT molecular complexity index is 178. The second-order valence-corrected chi connectivity index (χ2v) is 4.88. The minimum atomic E-state index is 0.358. The van der Waals surface area contributed by atoms with E-state index in [1.165, 1.54) is 25.8 Å². The maximum absolute atomic E-state index is 5.19. The smallest absolute Gasteiger partial charge is 0.0615 e. The molecule has 1 heterocycles. The molecule has 1 rings (SSSR count). The molecule has 3 nitrogen and oxygen atoms in total. The Morgan fingerprint density at radius 3 is 2.73 bits per heavy atom. The third-order valence-electron chi connectivity index (χ3n) is 3.72. The molecule has 0 aliphatic carbocycles. The number of rotatable bonds is 6. The van der Waals surface area contributed by atoms with Crippen LogP contribution in [0.15, 0.2) is 0 Å². The number of ether oxygens (including phenoxy) is 1. The zero-order chi connectivity index (χ0) is 11.3. The lowest BCUT2D eigenvalue weighted by atomic mass is 9.93. The lowest BCUT2D eigenvalue weighted by Gasteiger charge is -2.35. The Kier molecular flexibility index (Phi) is 5.03. The van der Waals surface area contributed by atoms with Crippen molar-refractivity contribution in [1.29, 1.82) is 0 Å². The van der Waals surface area contributed by atoms with Crippen molar-refractivity contribution >= 4 is 0 Å². The zero-order valence-corrected chi connectivity index (χ0v) is 10.7. The van der Waals surface area contributed by atoms with Gasteiger partial charge in [-0.05, 0) is 39.8 Å². The summed E-state index contributed by atoms with van der Waals surface area (Å²) >= 11 is 0. The van der Waals surface area contributed by atoms with E-state index in [1.807, 2.05) is 0 Å². The van der Waals surface area contributed by atoms with Crippen molar-refractivity contribution in [1.82, 2.24) is 10.2 Å². The highest BCUT2D eigenvalue weighted by atomic mass is 16.5. The first-order valence-corrected chi connectivity index (χ1v) is 6.08. The second kappa shape index (κ2) is 5.83. The summed E-state index contributed by atoms with van der Waals surface area (Å²) < 4.78 is 5.19. The number of likely N-dealkylation sites (N-methyl/N-ethyl adjacent to an activating group) is 1. The first kappa shape index (κ1) is 12.9. The quantitative estimate of drug-likeness (QED) is 0.725. The lowest BCUT2D eigenvalue weighted by Crippen LogP contribution is -2.51. The van der Waals surface area contributed by atoms with Crippen molar-refractivity contribution in [2.45, 2.75) is 44.7 Å². The fraction of sp³-hybridized carbons (Fsp3) is 1.00. The molecule has 0 aromatic heterocycles. The third kappa shape index (κ3) is 3.44. The summed E-state index contributed by atoms with van der Waals surface area (Å²) in [6.45, 7) is 7.64. The second-order valence-electron chi connectivity index (χ2n) is 4.88. The average Bonchev–Trinajstić information content (AvgIpc) is 2.67. The van der Waals surface area contributed by atoms with Crippen molar-refractivity contribution in [3.8, 4) is 0 Å². The van der Waals surface area contributed by atoms with E-state index in [9.17, 15) is 0 Å². The topological polar surface area (TPSA) is 24.5 Å². The van der Waals surface area contributed by atoms with Crippen LogP contribution in [0.1, 0.15) is 33.1 Å². The van der Waals surface area contributed by atoms with Crippen molar-refractivity contribution in [2.75, 3.05) is 33.9 Å². The van der Waals surface area contributed by atoms with E-state index in [0.29, 0.717) is 11.6 Å². The molecule has 90 valence electrons. The van der Waals surface area contributed by atoms with Crippen LogP contribution in [0.3, 0.4) is 0 Å². The largest absolute Gasteiger partial charge is 0.383 e. The van der Waals surface area contributed by atoms with Gasteiger partial charge in [0.15, 0.2) is 0 Å². The van der Waals surface area contributed by atoms with Gasteiger partial charge in [-0.25, -0.2) is 0 Å². The van der Waals surface area contributed by atoms with Gasteiger partial charge < -0.3 is 10.1 Å². The molecule has 0 bridgehead atoms. The van der Waals surface area contributed by atoms with Crippen LogP contribution in [-0.4, -0.2) is 50.3 Å². The molecule has 0 spiro atoms. The highest BCUT2D eigenvalue weighted by Gasteiger charge is 2.33. The van der Waals surface area contributed by atoms with E-state index in [-0.39, 0.29) is 0 Å². The van der Waals surface area contributed by atoms with Crippen LogP contribution in [0.25, 0.3) is 0 Å². The summed E-state index contributed by atoms with van der Waals surface area (Å²) in [5, 5.41) is 3.67. The van der Waals surface area contributed by atoms with Crippen molar-refractivity contribution in [3.05, 3.63) is 0 Å². The summed E-state index contributed by atoms with van der Waals surface area (Å²) in [6, 6.07) is 0.501. The summed E-state index contributed by atoms with van der Waals surface area (Å²) in [5.74, 6) is 0. The molecule has 0 radical (unpaired) electrons. The fourth-order valence-electron chi connectivity index (χ4n) is 2.42. The standard InChI is InChI=1S/C12H26N2O/c1-5-12(7-6-8-13-12)10-14(3)11(2)9-15-4/h11,13H,5-10H2,1-4H3. The highest BCUT2D eigenvalue weighted by Crippen LogP contribution is 2.24. The van der Waals surface area contributed by atoms with Gasteiger partial charge in [-0.2, -0.15) is 0 Å². The molecule has 2 unspecified atom stereocenters. The maximum atomic E-state index is 5.19. The molecule has 1 fully saturated rings. The summed E-state index contributed by atoms with van der Waals surface area (Å²) in [6.07, 6.45) is 3.85. The molecule has 2 atom stereocenters. The average molecular weight is 214 g/mol. The van der Waals surface area contributed by atoms with Gasteiger partial charge in [0.05, 0.1) is 6.61 Å². The summed E-state index contributed by atoms with van der Waals surface area (Å²) in [7, 11) is 3.97. The van der Waals surface area contributed by atoms with E-state index >= 15 is 0 Å². The van der Waals surface area contributed by atoms with Crippen LogP contribution in [0, 0.1) is 0 Å². The van der Waals surface area contributed by atoms with Crippen LogP contribution >= 0.6 is 0 Å². The number of nitrogens with zero attached hydrogens (tertiary/aromatic N) is 1. The Hall–Kier alpha value is -0.120. The molecule has 0 amide bonds.